The third-order valence-electron chi connectivity index (χ3n) is 2.88. The molecule has 3 aromatic rings. The van der Waals surface area contributed by atoms with Crippen LogP contribution >= 0.6 is 0 Å². The molecule has 3 nitrogen and oxygen atoms in total. The van der Waals surface area contributed by atoms with Gasteiger partial charge in [-0.05, 0) is 17.7 Å². The van der Waals surface area contributed by atoms with E-state index in [1.807, 2.05) is 30.3 Å². The Bertz CT molecular complexity index is 760. The summed E-state index contributed by atoms with van der Waals surface area (Å²) in [6.45, 7) is 0. The van der Waals surface area contributed by atoms with Crippen molar-refractivity contribution in [1.29, 1.82) is 0 Å². The zero-order chi connectivity index (χ0) is 12.5. The van der Waals surface area contributed by atoms with Crippen molar-refractivity contribution in [3.05, 3.63) is 65.0 Å². The van der Waals surface area contributed by atoms with Crippen LogP contribution in [0.3, 0.4) is 0 Å². The molecule has 0 spiro atoms. The van der Waals surface area contributed by atoms with Crippen LogP contribution in [0.2, 0.25) is 0 Å². The molecule has 0 atom stereocenters. The molecule has 0 aliphatic heterocycles. The highest BCUT2D eigenvalue weighted by Gasteiger charge is 2.08. The topological polar surface area (TPSA) is 56.2 Å². The van der Waals surface area contributed by atoms with Crippen molar-refractivity contribution < 1.29 is 4.42 Å². The van der Waals surface area contributed by atoms with E-state index in [0.717, 1.165) is 5.56 Å². The molecule has 0 fully saturated rings. The van der Waals surface area contributed by atoms with Crippen LogP contribution < -0.4 is 11.2 Å². The SMILES string of the molecule is Nc1ccc2c(=O)c(-c3ccccc3)coc2c1. The van der Waals surface area contributed by atoms with Crippen LogP contribution in [0.25, 0.3) is 22.1 Å². The number of hydrogen-bond acceptors (Lipinski definition) is 3. The summed E-state index contributed by atoms with van der Waals surface area (Å²) in [6, 6.07) is 14.5. The highest BCUT2D eigenvalue weighted by Crippen LogP contribution is 2.20. The maximum Gasteiger partial charge on any atom is 0.200 e. The number of nitrogen functional groups attached to an aromatic ring is 1. The van der Waals surface area contributed by atoms with Gasteiger partial charge in [0.25, 0.3) is 0 Å². The highest BCUT2D eigenvalue weighted by atomic mass is 16.3. The molecule has 0 aliphatic carbocycles. The lowest BCUT2D eigenvalue weighted by Gasteiger charge is -2.03. The van der Waals surface area contributed by atoms with E-state index in [4.69, 9.17) is 10.2 Å². The Morgan fingerprint density at radius 2 is 1.78 bits per heavy atom. The van der Waals surface area contributed by atoms with Crippen LogP contribution in [0.5, 0.6) is 0 Å². The van der Waals surface area contributed by atoms with Crippen molar-refractivity contribution in [1.82, 2.24) is 0 Å². The summed E-state index contributed by atoms with van der Waals surface area (Å²) in [5, 5.41) is 0.547. The van der Waals surface area contributed by atoms with Gasteiger partial charge < -0.3 is 10.2 Å². The molecular weight excluding hydrogens is 226 g/mol. The summed E-state index contributed by atoms with van der Waals surface area (Å²) in [7, 11) is 0. The number of fused-ring (bicyclic) bond motifs is 1. The van der Waals surface area contributed by atoms with E-state index in [0.29, 0.717) is 22.2 Å². The number of anilines is 1. The van der Waals surface area contributed by atoms with E-state index in [-0.39, 0.29) is 5.43 Å². The molecule has 0 aliphatic rings. The third-order valence-corrected chi connectivity index (χ3v) is 2.88. The molecular formula is C15H11NO2. The summed E-state index contributed by atoms with van der Waals surface area (Å²) in [6.07, 6.45) is 1.49. The lowest BCUT2D eigenvalue weighted by Crippen LogP contribution is -2.04. The fourth-order valence-electron chi connectivity index (χ4n) is 1.96. The molecule has 0 amide bonds. The van der Waals surface area contributed by atoms with Gasteiger partial charge in [0.05, 0.1) is 10.9 Å². The second-order valence-corrected chi connectivity index (χ2v) is 4.10. The third kappa shape index (κ3) is 1.66. The number of rotatable bonds is 1. The fraction of sp³-hybridized carbons (Fsp3) is 0. The summed E-state index contributed by atoms with van der Waals surface area (Å²) < 4.78 is 5.48. The van der Waals surface area contributed by atoms with Gasteiger partial charge in [-0.2, -0.15) is 0 Å². The van der Waals surface area contributed by atoms with E-state index < -0.39 is 0 Å². The normalized spacial score (nSPS) is 10.7. The van der Waals surface area contributed by atoms with Crippen molar-refractivity contribution in [2.45, 2.75) is 0 Å². The molecule has 0 bridgehead atoms. The molecule has 18 heavy (non-hydrogen) atoms. The fourth-order valence-corrected chi connectivity index (χ4v) is 1.96. The summed E-state index contributed by atoms with van der Waals surface area (Å²) in [5.41, 5.74) is 8.13. The zero-order valence-electron chi connectivity index (χ0n) is 9.59. The minimum atomic E-state index is -0.0394. The van der Waals surface area contributed by atoms with Gasteiger partial charge in [-0.25, -0.2) is 0 Å². The Hall–Kier alpha value is -2.55. The Labute approximate surface area is 103 Å². The van der Waals surface area contributed by atoms with Crippen LogP contribution in [-0.4, -0.2) is 0 Å². The Morgan fingerprint density at radius 3 is 2.56 bits per heavy atom. The first-order chi connectivity index (χ1) is 8.75. The number of hydrogen-bond donors (Lipinski definition) is 1. The molecule has 3 heteroatoms. The standard InChI is InChI=1S/C15H11NO2/c16-11-6-7-12-14(8-11)18-9-13(15(12)17)10-4-2-1-3-5-10/h1-9H,16H2. The molecule has 1 heterocycles. The average Bonchev–Trinajstić information content (AvgIpc) is 2.40. The van der Waals surface area contributed by atoms with Crippen LogP contribution in [-0.2, 0) is 0 Å². The first kappa shape index (κ1) is 10.6. The number of benzene rings is 2. The quantitative estimate of drug-likeness (QED) is 0.662. The number of nitrogens with two attached hydrogens (primary N) is 1. The smallest absolute Gasteiger partial charge is 0.200 e. The molecule has 3 rings (SSSR count). The van der Waals surface area contributed by atoms with Gasteiger partial charge in [-0.15, -0.1) is 0 Å². The Morgan fingerprint density at radius 1 is 1.00 bits per heavy atom. The second kappa shape index (κ2) is 4.04. The first-order valence-corrected chi connectivity index (χ1v) is 5.62. The van der Waals surface area contributed by atoms with Crippen LogP contribution in [0.15, 0.2) is 64.0 Å². The maximum absolute atomic E-state index is 12.3. The van der Waals surface area contributed by atoms with E-state index in [9.17, 15) is 4.79 Å². The first-order valence-electron chi connectivity index (χ1n) is 5.62. The average molecular weight is 237 g/mol. The Kier molecular flexibility index (Phi) is 2.38. The van der Waals surface area contributed by atoms with Gasteiger partial charge in [-0.1, -0.05) is 30.3 Å². The minimum absolute atomic E-state index is 0.0394. The van der Waals surface area contributed by atoms with Gasteiger partial charge in [-0.3, -0.25) is 4.79 Å². The molecule has 0 unspecified atom stereocenters. The van der Waals surface area contributed by atoms with Crippen molar-refractivity contribution >= 4 is 16.7 Å². The zero-order valence-corrected chi connectivity index (χ0v) is 9.59. The molecule has 2 N–H and O–H groups in total. The van der Waals surface area contributed by atoms with Crippen LogP contribution in [0, 0.1) is 0 Å². The van der Waals surface area contributed by atoms with Gasteiger partial charge in [0.1, 0.15) is 11.8 Å². The molecule has 0 saturated heterocycles. The van der Waals surface area contributed by atoms with Crippen molar-refractivity contribution in [2.75, 3.05) is 5.73 Å². The minimum Gasteiger partial charge on any atom is -0.463 e. The van der Waals surface area contributed by atoms with E-state index in [1.54, 1.807) is 18.2 Å². The van der Waals surface area contributed by atoms with Crippen LogP contribution in [0.1, 0.15) is 0 Å². The van der Waals surface area contributed by atoms with Gasteiger partial charge >= 0.3 is 0 Å². The molecule has 0 radical (unpaired) electrons. The monoisotopic (exact) mass is 237 g/mol. The van der Waals surface area contributed by atoms with Crippen molar-refractivity contribution in [3.8, 4) is 11.1 Å². The Balaban J connectivity index is 2.31. The van der Waals surface area contributed by atoms with E-state index >= 15 is 0 Å². The second-order valence-electron chi connectivity index (χ2n) is 4.10. The van der Waals surface area contributed by atoms with Gasteiger partial charge in [0, 0.05) is 11.8 Å². The lowest BCUT2D eigenvalue weighted by molar-refractivity contribution is 0.605. The summed E-state index contributed by atoms with van der Waals surface area (Å²) in [5.74, 6) is 0. The summed E-state index contributed by atoms with van der Waals surface area (Å²) in [4.78, 5) is 12.3. The highest BCUT2D eigenvalue weighted by molar-refractivity contribution is 5.83. The largest absolute Gasteiger partial charge is 0.463 e. The van der Waals surface area contributed by atoms with Crippen molar-refractivity contribution in [3.63, 3.8) is 0 Å². The van der Waals surface area contributed by atoms with Gasteiger partial charge in [0.2, 0.25) is 0 Å². The van der Waals surface area contributed by atoms with Crippen LogP contribution in [0.4, 0.5) is 5.69 Å². The van der Waals surface area contributed by atoms with E-state index in [2.05, 4.69) is 0 Å². The van der Waals surface area contributed by atoms with E-state index in [1.165, 1.54) is 6.26 Å². The molecule has 0 saturated carbocycles. The maximum atomic E-state index is 12.3. The molecule has 2 aromatic carbocycles. The molecule has 88 valence electrons. The lowest BCUT2D eigenvalue weighted by atomic mass is 10.1. The van der Waals surface area contributed by atoms with Gasteiger partial charge in [0.15, 0.2) is 5.43 Å². The summed E-state index contributed by atoms with van der Waals surface area (Å²) >= 11 is 0. The molecule has 1 aromatic heterocycles. The predicted molar refractivity (Wildman–Crippen MR) is 72.3 cm³/mol. The predicted octanol–water partition coefficient (Wildman–Crippen LogP) is 3.04. The van der Waals surface area contributed by atoms with Crippen molar-refractivity contribution in [2.24, 2.45) is 0 Å².